The molecule has 0 aliphatic rings. The fraction of sp³-hybridized carbons (Fsp3) is 0. The van der Waals surface area contributed by atoms with Gasteiger partial charge in [-0.25, -0.2) is 4.98 Å². The smallest absolute Gasteiger partial charge is 0.270 e. The Bertz CT molecular complexity index is 710. The van der Waals surface area contributed by atoms with Crippen molar-refractivity contribution in [2.45, 2.75) is 0 Å². The van der Waals surface area contributed by atoms with Gasteiger partial charge >= 0.3 is 0 Å². The Labute approximate surface area is 113 Å². The third-order valence-electron chi connectivity index (χ3n) is 2.26. The van der Waals surface area contributed by atoms with Crippen LogP contribution in [-0.4, -0.2) is 21.1 Å². The van der Waals surface area contributed by atoms with Gasteiger partial charge in [-0.15, -0.1) is 0 Å². The number of hydrogen-bond acceptors (Lipinski definition) is 6. The van der Waals surface area contributed by atoms with E-state index in [-0.39, 0.29) is 10.5 Å². The molecule has 0 aliphatic heterocycles. The molecule has 0 radical (unpaired) electrons. The van der Waals surface area contributed by atoms with Crippen LogP contribution in [-0.2, 0) is 0 Å². The number of aliphatic imine (C=N–C) groups is 1. The zero-order valence-electron chi connectivity index (χ0n) is 9.61. The zero-order valence-corrected chi connectivity index (χ0v) is 10.4. The monoisotopic (exact) mass is 275 g/mol. The highest BCUT2D eigenvalue weighted by Crippen LogP contribution is 2.17. The Balaban J connectivity index is 2.29. The Morgan fingerprint density at radius 2 is 2.32 bits per heavy atom. The summed E-state index contributed by atoms with van der Waals surface area (Å²) < 4.78 is 0.270. The second-order valence-electron chi connectivity index (χ2n) is 3.60. The molecule has 0 aliphatic carbocycles. The first-order valence-corrected chi connectivity index (χ1v) is 5.60. The zero-order chi connectivity index (χ0) is 13.8. The Kier molecular flexibility index (Phi) is 3.62. The summed E-state index contributed by atoms with van der Waals surface area (Å²) in [6.45, 7) is 0. The maximum Gasteiger partial charge on any atom is 0.270 e. The number of aromatic nitrogens is 2. The molecule has 0 saturated carbocycles. The van der Waals surface area contributed by atoms with E-state index in [1.165, 1.54) is 24.5 Å². The average molecular weight is 275 g/mol. The second-order valence-corrected chi connectivity index (χ2v) is 3.98. The van der Waals surface area contributed by atoms with Gasteiger partial charge in [0.2, 0.25) is 0 Å². The molecule has 19 heavy (non-hydrogen) atoms. The predicted molar refractivity (Wildman–Crippen MR) is 74.2 cm³/mol. The number of nitrogens with one attached hydrogen (secondary N) is 1. The summed E-state index contributed by atoms with van der Waals surface area (Å²) in [5.41, 5.74) is 6.69. The van der Waals surface area contributed by atoms with E-state index in [0.29, 0.717) is 17.1 Å². The van der Waals surface area contributed by atoms with Crippen molar-refractivity contribution in [1.29, 1.82) is 0 Å². The maximum absolute atomic E-state index is 10.6. The molecule has 7 nitrogen and oxygen atoms in total. The molecule has 2 aromatic rings. The lowest BCUT2D eigenvalue weighted by Gasteiger charge is -1.98. The topological polar surface area (TPSA) is 110 Å². The van der Waals surface area contributed by atoms with Crippen LogP contribution >= 0.6 is 12.2 Å². The van der Waals surface area contributed by atoms with E-state index in [9.17, 15) is 10.1 Å². The number of anilines is 1. The largest absolute Gasteiger partial charge is 0.383 e. The molecule has 1 aromatic carbocycles. The molecule has 0 spiro atoms. The number of nitrogen functional groups attached to an aromatic ring is 1. The summed E-state index contributed by atoms with van der Waals surface area (Å²) >= 11 is 4.81. The van der Waals surface area contributed by atoms with Gasteiger partial charge in [0.1, 0.15) is 11.5 Å². The second kappa shape index (κ2) is 5.36. The first kappa shape index (κ1) is 12.8. The molecule has 0 amide bonds. The Morgan fingerprint density at radius 3 is 3.00 bits per heavy atom. The molecule has 96 valence electrons. The molecule has 3 N–H and O–H groups in total. The molecule has 0 unspecified atom stereocenters. The van der Waals surface area contributed by atoms with Crippen LogP contribution in [0.5, 0.6) is 0 Å². The minimum atomic E-state index is -0.465. The summed E-state index contributed by atoms with van der Waals surface area (Å²) in [6.07, 6.45) is 2.90. The highest BCUT2D eigenvalue weighted by molar-refractivity contribution is 7.71. The van der Waals surface area contributed by atoms with Crippen molar-refractivity contribution in [2.75, 3.05) is 5.73 Å². The van der Waals surface area contributed by atoms with E-state index < -0.39 is 4.92 Å². The van der Waals surface area contributed by atoms with Crippen LogP contribution in [0.3, 0.4) is 0 Å². The molecule has 0 saturated heterocycles. The molecule has 8 heteroatoms. The van der Waals surface area contributed by atoms with Crippen molar-refractivity contribution in [3.63, 3.8) is 0 Å². The minimum absolute atomic E-state index is 0.00233. The fourth-order valence-corrected chi connectivity index (χ4v) is 1.53. The van der Waals surface area contributed by atoms with Crippen molar-refractivity contribution >= 4 is 35.6 Å². The number of hydrogen-bond donors (Lipinski definition) is 2. The maximum atomic E-state index is 10.6. The first-order chi connectivity index (χ1) is 9.06. The van der Waals surface area contributed by atoms with Gasteiger partial charge in [-0.2, -0.15) is 0 Å². The van der Waals surface area contributed by atoms with Crippen LogP contribution in [0.4, 0.5) is 17.2 Å². The van der Waals surface area contributed by atoms with Crippen molar-refractivity contribution in [1.82, 2.24) is 9.97 Å². The minimum Gasteiger partial charge on any atom is -0.383 e. The van der Waals surface area contributed by atoms with Crippen molar-refractivity contribution in [3.8, 4) is 0 Å². The number of nitrogens with two attached hydrogens (primary N) is 1. The van der Waals surface area contributed by atoms with E-state index >= 15 is 0 Å². The van der Waals surface area contributed by atoms with Crippen molar-refractivity contribution < 1.29 is 4.92 Å². The summed E-state index contributed by atoms with van der Waals surface area (Å²) in [5.74, 6) is 0.293. The normalized spacial score (nSPS) is 10.7. The van der Waals surface area contributed by atoms with Gasteiger partial charge < -0.3 is 10.7 Å². The lowest BCUT2D eigenvalue weighted by Crippen LogP contribution is -1.93. The lowest BCUT2D eigenvalue weighted by molar-refractivity contribution is -0.384. The van der Waals surface area contributed by atoms with E-state index in [0.717, 1.165) is 0 Å². The van der Waals surface area contributed by atoms with Gasteiger partial charge in [-0.3, -0.25) is 15.1 Å². The number of nitro benzene ring substituents is 1. The van der Waals surface area contributed by atoms with Gasteiger partial charge in [-0.1, -0.05) is 12.1 Å². The summed E-state index contributed by atoms with van der Waals surface area (Å²) in [7, 11) is 0. The molecule has 2 rings (SSSR count). The number of H-pyrrole nitrogens is 1. The van der Waals surface area contributed by atoms with Gasteiger partial charge in [0, 0.05) is 18.3 Å². The van der Waals surface area contributed by atoms with Crippen LogP contribution in [0.25, 0.3) is 0 Å². The fourth-order valence-electron chi connectivity index (χ4n) is 1.37. The molecule has 1 heterocycles. The van der Waals surface area contributed by atoms with Gasteiger partial charge in [-0.05, 0) is 17.8 Å². The van der Waals surface area contributed by atoms with Gasteiger partial charge in [0.15, 0.2) is 4.77 Å². The summed E-state index contributed by atoms with van der Waals surface area (Å²) in [6, 6.07) is 6.11. The van der Waals surface area contributed by atoms with Crippen LogP contribution in [0.15, 0.2) is 35.5 Å². The van der Waals surface area contributed by atoms with Crippen LogP contribution in [0, 0.1) is 14.9 Å². The van der Waals surface area contributed by atoms with E-state index in [1.807, 2.05) is 0 Å². The average Bonchev–Trinajstić information content (AvgIpc) is 2.38. The summed E-state index contributed by atoms with van der Waals surface area (Å²) in [4.78, 5) is 20.8. The van der Waals surface area contributed by atoms with Crippen LogP contribution in [0.2, 0.25) is 0 Å². The number of benzene rings is 1. The standard InChI is InChI=1S/C11H9N5O2S/c12-10-9(6-14-11(19)15-10)13-5-7-2-1-3-8(4-7)16(17)18/h1-6H,(H3,12,14,15,19). The van der Waals surface area contributed by atoms with Gasteiger partial charge in [0.05, 0.1) is 11.1 Å². The molecule has 0 atom stereocenters. The van der Waals surface area contributed by atoms with Crippen molar-refractivity contribution in [2.24, 2.45) is 4.99 Å². The predicted octanol–water partition coefficient (Wildman–Crippen LogP) is 2.38. The van der Waals surface area contributed by atoms with E-state index in [2.05, 4.69) is 15.0 Å². The highest BCUT2D eigenvalue weighted by Gasteiger charge is 2.04. The number of nitro groups is 1. The quantitative estimate of drug-likeness (QED) is 0.386. The van der Waals surface area contributed by atoms with Crippen LogP contribution in [0.1, 0.15) is 5.56 Å². The van der Waals surface area contributed by atoms with E-state index in [1.54, 1.807) is 12.1 Å². The SMILES string of the molecule is Nc1[nH]c(=S)ncc1N=Cc1cccc([N+](=O)[O-])c1. The molecule has 1 aromatic heterocycles. The lowest BCUT2D eigenvalue weighted by atomic mass is 10.2. The number of aromatic amines is 1. The third-order valence-corrected chi connectivity index (χ3v) is 2.46. The Hall–Kier alpha value is -2.61. The molecule has 0 bridgehead atoms. The third kappa shape index (κ3) is 3.19. The molecular formula is C11H9N5O2S. The first-order valence-electron chi connectivity index (χ1n) is 5.19. The Morgan fingerprint density at radius 1 is 1.53 bits per heavy atom. The number of rotatable bonds is 3. The number of non-ortho nitro benzene ring substituents is 1. The van der Waals surface area contributed by atoms with Crippen LogP contribution < -0.4 is 5.73 Å². The van der Waals surface area contributed by atoms with Crippen molar-refractivity contribution in [3.05, 3.63) is 50.9 Å². The molecule has 0 fully saturated rings. The molecular weight excluding hydrogens is 266 g/mol. The number of nitrogens with zero attached hydrogens (tertiary/aromatic N) is 3. The summed E-state index contributed by atoms with van der Waals surface area (Å²) in [5, 5.41) is 10.6. The highest BCUT2D eigenvalue weighted by atomic mass is 32.1. The van der Waals surface area contributed by atoms with Gasteiger partial charge in [0.25, 0.3) is 5.69 Å². The van der Waals surface area contributed by atoms with E-state index in [4.69, 9.17) is 18.0 Å².